The third-order valence-electron chi connectivity index (χ3n) is 4.77. The molecule has 2 aromatic rings. The molecule has 0 N–H and O–H groups in total. The number of ether oxygens (including phenoxy) is 2. The van der Waals surface area contributed by atoms with Gasteiger partial charge in [0.25, 0.3) is 0 Å². The monoisotopic (exact) mass is 324 g/mol. The Bertz CT molecular complexity index is 598. The van der Waals surface area contributed by atoms with Crippen molar-refractivity contribution in [3.63, 3.8) is 0 Å². The predicted molar refractivity (Wildman–Crippen MR) is 99.2 cm³/mol. The summed E-state index contributed by atoms with van der Waals surface area (Å²) in [6.45, 7) is 6.09. The van der Waals surface area contributed by atoms with Gasteiger partial charge in [-0.25, -0.2) is 0 Å². The fraction of sp³-hybridized carbons (Fsp3) is 0.455. The van der Waals surface area contributed by atoms with Gasteiger partial charge in [-0.05, 0) is 41.5 Å². The van der Waals surface area contributed by atoms with Crippen molar-refractivity contribution in [1.82, 2.24) is 0 Å². The molecule has 2 aliphatic rings. The van der Waals surface area contributed by atoms with Crippen molar-refractivity contribution in [2.24, 2.45) is 0 Å². The molecule has 0 radical (unpaired) electrons. The normalized spacial score (nSPS) is 18.7. The maximum Gasteiger partial charge on any atom is 0.157 e. The SMILES string of the molecule is CCC1c2ccccc2-c2ccccc21.CCCOC1CCCO1. The molecular formula is C22H28O2. The first-order valence-electron chi connectivity index (χ1n) is 9.26. The highest BCUT2D eigenvalue weighted by molar-refractivity contribution is 5.78. The second-order valence-electron chi connectivity index (χ2n) is 6.45. The van der Waals surface area contributed by atoms with Crippen molar-refractivity contribution in [3.8, 4) is 11.1 Å². The van der Waals surface area contributed by atoms with Crippen LogP contribution in [0.4, 0.5) is 0 Å². The van der Waals surface area contributed by atoms with E-state index in [9.17, 15) is 0 Å². The molecule has 1 fully saturated rings. The molecule has 4 rings (SSSR count). The van der Waals surface area contributed by atoms with E-state index in [1.807, 2.05) is 0 Å². The van der Waals surface area contributed by atoms with Gasteiger partial charge in [0.15, 0.2) is 6.29 Å². The molecule has 24 heavy (non-hydrogen) atoms. The summed E-state index contributed by atoms with van der Waals surface area (Å²) in [5, 5.41) is 0. The summed E-state index contributed by atoms with van der Waals surface area (Å²) in [5.41, 5.74) is 5.86. The van der Waals surface area contributed by atoms with E-state index in [2.05, 4.69) is 62.4 Å². The Kier molecular flexibility index (Phi) is 6.06. The van der Waals surface area contributed by atoms with Crippen LogP contribution in [0.2, 0.25) is 0 Å². The average molecular weight is 324 g/mol. The highest BCUT2D eigenvalue weighted by Gasteiger charge is 2.25. The summed E-state index contributed by atoms with van der Waals surface area (Å²) in [7, 11) is 0. The van der Waals surface area contributed by atoms with Crippen LogP contribution in [-0.4, -0.2) is 19.5 Å². The van der Waals surface area contributed by atoms with Crippen LogP contribution in [0.25, 0.3) is 11.1 Å². The fourth-order valence-electron chi connectivity index (χ4n) is 3.63. The lowest BCUT2D eigenvalue weighted by atomic mass is 9.95. The van der Waals surface area contributed by atoms with Crippen LogP contribution >= 0.6 is 0 Å². The minimum atomic E-state index is 0.116. The topological polar surface area (TPSA) is 18.5 Å². The van der Waals surface area contributed by atoms with Gasteiger partial charge in [0.1, 0.15) is 0 Å². The first-order chi connectivity index (χ1) is 11.8. The second-order valence-corrected chi connectivity index (χ2v) is 6.45. The lowest BCUT2D eigenvalue weighted by molar-refractivity contribution is -0.110. The van der Waals surface area contributed by atoms with Crippen LogP contribution in [0.5, 0.6) is 0 Å². The van der Waals surface area contributed by atoms with E-state index < -0.39 is 0 Å². The van der Waals surface area contributed by atoms with E-state index in [0.29, 0.717) is 5.92 Å². The largest absolute Gasteiger partial charge is 0.353 e. The molecule has 0 amide bonds. The van der Waals surface area contributed by atoms with Gasteiger partial charge in [0, 0.05) is 25.6 Å². The average Bonchev–Trinajstić information content (AvgIpc) is 3.26. The van der Waals surface area contributed by atoms with Crippen LogP contribution in [-0.2, 0) is 9.47 Å². The smallest absolute Gasteiger partial charge is 0.157 e. The molecule has 0 bridgehead atoms. The van der Waals surface area contributed by atoms with E-state index in [-0.39, 0.29) is 6.29 Å². The van der Waals surface area contributed by atoms with E-state index in [4.69, 9.17) is 9.47 Å². The van der Waals surface area contributed by atoms with Crippen molar-refractivity contribution in [2.45, 2.75) is 51.7 Å². The van der Waals surface area contributed by atoms with Crippen LogP contribution in [0.1, 0.15) is 56.6 Å². The molecule has 2 heteroatoms. The molecule has 2 aromatic carbocycles. The summed E-state index contributed by atoms with van der Waals surface area (Å²) < 4.78 is 10.6. The Labute approximate surface area is 145 Å². The van der Waals surface area contributed by atoms with Crippen LogP contribution in [0, 0.1) is 0 Å². The molecule has 0 aromatic heterocycles. The van der Waals surface area contributed by atoms with Gasteiger partial charge in [0.05, 0.1) is 0 Å². The Morgan fingerprint density at radius 1 is 0.958 bits per heavy atom. The second kappa shape index (κ2) is 8.46. The predicted octanol–water partition coefficient (Wildman–Crippen LogP) is 5.76. The van der Waals surface area contributed by atoms with E-state index >= 15 is 0 Å². The molecule has 1 unspecified atom stereocenters. The van der Waals surface area contributed by atoms with Crippen molar-refractivity contribution in [1.29, 1.82) is 0 Å². The number of fused-ring (bicyclic) bond motifs is 3. The van der Waals surface area contributed by atoms with Gasteiger partial charge < -0.3 is 9.47 Å². The molecule has 1 aliphatic heterocycles. The summed E-state index contributed by atoms with van der Waals surface area (Å²) in [6, 6.07) is 17.6. The highest BCUT2D eigenvalue weighted by atomic mass is 16.7. The van der Waals surface area contributed by atoms with Gasteiger partial charge in [-0.3, -0.25) is 0 Å². The van der Waals surface area contributed by atoms with Gasteiger partial charge in [-0.2, -0.15) is 0 Å². The van der Waals surface area contributed by atoms with Gasteiger partial charge in [-0.15, -0.1) is 0 Å². The van der Waals surface area contributed by atoms with Crippen molar-refractivity contribution in [2.75, 3.05) is 13.2 Å². The molecular weight excluding hydrogens is 296 g/mol. The minimum absolute atomic E-state index is 0.116. The molecule has 0 saturated carbocycles. The zero-order chi connectivity index (χ0) is 16.8. The molecule has 1 heterocycles. The third-order valence-corrected chi connectivity index (χ3v) is 4.77. The first kappa shape index (κ1) is 17.2. The molecule has 1 saturated heterocycles. The van der Waals surface area contributed by atoms with Crippen LogP contribution in [0.3, 0.4) is 0 Å². The van der Waals surface area contributed by atoms with Crippen molar-refractivity contribution < 1.29 is 9.47 Å². The lowest BCUT2D eigenvalue weighted by Gasteiger charge is -2.09. The first-order valence-corrected chi connectivity index (χ1v) is 9.26. The zero-order valence-electron chi connectivity index (χ0n) is 14.8. The van der Waals surface area contributed by atoms with E-state index in [0.717, 1.165) is 32.5 Å². The molecule has 1 atom stereocenters. The quantitative estimate of drug-likeness (QED) is 0.712. The number of hydrogen-bond donors (Lipinski definition) is 0. The van der Waals surface area contributed by atoms with Gasteiger partial charge in [0.2, 0.25) is 0 Å². The molecule has 2 nitrogen and oxygen atoms in total. The fourth-order valence-corrected chi connectivity index (χ4v) is 3.63. The highest BCUT2D eigenvalue weighted by Crippen LogP contribution is 2.45. The Balaban J connectivity index is 0.000000162. The number of hydrogen-bond acceptors (Lipinski definition) is 2. The maximum atomic E-state index is 5.33. The lowest BCUT2D eigenvalue weighted by Crippen LogP contribution is -2.10. The molecule has 0 spiro atoms. The van der Waals surface area contributed by atoms with Gasteiger partial charge in [-0.1, -0.05) is 62.4 Å². The number of benzene rings is 2. The van der Waals surface area contributed by atoms with E-state index in [1.54, 1.807) is 0 Å². The van der Waals surface area contributed by atoms with E-state index in [1.165, 1.54) is 28.7 Å². The molecule has 128 valence electrons. The summed E-state index contributed by atoms with van der Waals surface area (Å²) in [4.78, 5) is 0. The summed E-state index contributed by atoms with van der Waals surface area (Å²) in [5.74, 6) is 0.609. The Hall–Kier alpha value is -1.64. The number of rotatable bonds is 4. The zero-order valence-corrected chi connectivity index (χ0v) is 14.8. The van der Waals surface area contributed by atoms with Crippen LogP contribution in [0.15, 0.2) is 48.5 Å². The minimum Gasteiger partial charge on any atom is -0.353 e. The maximum absolute atomic E-state index is 5.33. The van der Waals surface area contributed by atoms with Crippen molar-refractivity contribution >= 4 is 0 Å². The Morgan fingerprint density at radius 3 is 2.08 bits per heavy atom. The third kappa shape index (κ3) is 3.71. The Morgan fingerprint density at radius 2 is 1.58 bits per heavy atom. The standard InChI is InChI=1S/C15H14.C7H14O2/c1-2-11-12-7-3-5-9-14(12)15-10-6-4-8-13(11)15;1-2-5-8-7-4-3-6-9-7/h3-11H,2H2,1H3;7H,2-6H2,1H3. The molecule has 1 aliphatic carbocycles. The summed E-state index contributed by atoms with van der Waals surface area (Å²) in [6.07, 6.45) is 4.63. The van der Waals surface area contributed by atoms with Crippen molar-refractivity contribution in [3.05, 3.63) is 59.7 Å². The van der Waals surface area contributed by atoms with Gasteiger partial charge >= 0.3 is 0 Å². The summed E-state index contributed by atoms with van der Waals surface area (Å²) >= 11 is 0. The van der Waals surface area contributed by atoms with Crippen LogP contribution < -0.4 is 0 Å².